The van der Waals surface area contributed by atoms with E-state index < -0.39 is 0 Å². The van der Waals surface area contributed by atoms with Crippen molar-refractivity contribution in [2.45, 2.75) is 78.7 Å². The number of unbranched alkanes of at least 4 members (excludes halogenated alkanes) is 2. The third-order valence-electron chi connectivity index (χ3n) is 8.38. The maximum absolute atomic E-state index is 12.6. The van der Waals surface area contributed by atoms with Crippen LogP contribution in [-0.2, 0) is 9.53 Å². The predicted molar refractivity (Wildman–Crippen MR) is 164 cm³/mol. The second-order valence-electron chi connectivity index (χ2n) is 12.0. The van der Waals surface area contributed by atoms with Gasteiger partial charge in [-0.3, -0.25) is 14.3 Å². The number of nitrogens with zero attached hydrogens (tertiary/aromatic N) is 3. The molecule has 2 aromatic heterocycles. The first kappa shape index (κ1) is 28.8. The van der Waals surface area contributed by atoms with E-state index in [4.69, 9.17) is 14.5 Å². The van der Waals surface area contributed by atoms with Gasteiger partial charge in [-0.1, -0.05) is 44.9 Å². The Morgan fingerprint density at radius 3 is 2.63 bits per heavy atom. The number of aryl methyl sites for hydroxylation is 1. The summed E-state index contributed by atoms with van der Waals surface area (Å²) in [7, 11) is 0. The molecular weight excluding hydrogens is 510 g/mol. The standard InChI is InChI=1S/C35H43N3O3/c1-24(2)30-17-13-26(4)21-33(30)41-34(39)10-6-5-7-20-40-29-16-18-31-32(22-29)38(28-14-11-25(3)12-15-28)35(37-31)27-9-8-19-36-23-27/h8-9,11-12,14-16,18-19,22-24,26,30,33H,5-7,10,13,17,20-21H2,1-4H3. The fraction of sp³-hybridized carbons (Fsp3) is 0.457. The molecular formula is C35H43N3O3. The molecule has 3 unspecified atom stereocenters. The number of rotatable bonds is 11. The Morgan fingerprint density at radius 2 is 1.88 bits per heavy atom. The van der Waals surface area contributed by atoms with Gasteiger partial charge < -0.3 is 9.47 Å². The minimum atomic E-state index is -0.0464. The molecule has 41 heavy (non-hydrogen) atoms. The first-order valence-electron chi connectivity index (χ1n) is 15.2. The van der Waals surface area contributed by atoms with Crippen molar-refractivity contribution in [2.24, 2.45) is 17.8 Å². The second kappa shape index (κ2) is 13.3. The summed E-state index contributed by atoms with van der Waals surface area (Å²) >= 11 is 0. The van der Waals surface area contributed by atoms with Crippen LogP contribution in [0.2, 0.25) is 0 Å². The van der Waals surface area contributed by atoms with Crippen molar-refractivity contribution in [2.75, 3.05) is 6.61 Å². The number of aromatic nitrogens is 3. The smallest absolute Gasteiger partial charge is 0.306 e. The molecule has 2 aromatic carbocycles. The molecule has 0 N–H and O–H groups in total. The van der Waals surface area contributed by atoms with Gasteiger partial charge in [-0.05, 0) is 93.2 Å². The lowest BCUT2D eigenvalue weighted by Gasteiger charge is -2.36. The summed E-state index contributed by atoms with van der Waals surface area (Å²) < 4.78 is 14.3. The molecule has 0 radical (unpaired) electrons. The van der Waals surface area contributed by atoms with Crippen LogP contribution in [0.1, 0.15) is 71.3 Å². The molecule has 3 atom stereocenters. The summed E-state index contributed by atoms with van der Waals surface area (Å²) in [6, 6.07) is 18.5. The Morgan fingerprint density at radius 1 is 1.05 bits per heavy atom. The lowest BCUT2D eigenvalue weighted by atomic mass is 9.75. The number of ether oxygens (including phenoxy) is 2. The van der Waals surface area contributed by atoms with Crippen molar-refractivity contribution in [3.63, 3.8) is 0 Å². The highest BCUT2D eigenvalue weighted by molar-refractivity contribution is 5.84. The maximum Gasteiger partial charge on any atom is 0.306 e. The Labute approximate surface area is 244 Å². The van der Waals surface area contributed by atoms with E-state index in [-0.39, 0.29) is 12.1 Å². The molecule has 1 aliphatic rings. The van der Waals surface area contributed by atoms with E-state index in [1.54, 1.807) is 6.20 Å². The van der Waals surface area contributed by atoms with Gasteiger partial charge in [-0.2, -0.15) is 0 Å². The van der Waals surface area contributed by atoms with Gasteiger partial charge in [0.15, 0.2) is 0 Å². The number of carbonyl (C=O) groups excluding carboxylic acids is 1. The van der Waals surface area contributed by atoms with Gasteiger partial charge in [-0.25, -0.2) is 4.98 Å². The summed E-state index contributed by atoms with van der Waals surface area (Å²) in [6.45, 7) is 9.45. The zero-order chi connectivity index (χ0) is 28.8. The van der Waals surface area contributed by atoms with E-state index >= 15 is 0 Å². The monoisotopic (exact) mass is 553 g/mol. The second-order valence-corrected chi connectivity index (χ2v) is 12.0. The minimum absolute atomic E-state index is 0.0464. The van der Waals surface area contributed by atoms with Gasteiger partial charge in [0.25, 0.3) is 0 Å². The van der Waals surface area contributed by atoms with E-state index in [9.17, 15) is 4.79 Å². The van der Waals surface area contributed by atoms with E-state index in [2.05, 4.69) is 67.6 Å². The zero-order valence-electron chi connectivity index (χ0n) is 24.9. The SMILES string of the molecule is Cc1ccc(-n2c(-c3cccnc3)nc3ccc(OCCCCCC(=O)OC4CC(C)CCC4C(C)C)cc32)cc1. The molecule has 0 aliphatic heterocycles. The lowest BCUT2D eigenvalue weighted by molar-refractivity contribution is -0.156. The number of imidazole rings is 1. The number of hydrogen-bond acceptors (Lipinski definition) is 5. The average Bonchev–Trinajstić information content (AvgIpc) is 3.34. The highest BCUT2D eigenvalue weighted by Gasteiger charge is 2.33. The van der Waals surface area contributed by atoms with Crippen molar-refractivity contribution in [1.29, 1.82) is 0 Å². The van der Waals surface area contributed by atoms with Crippen LogP contribution in [-0.4, -0.2) is 33.2 Å². The lowest BCUT2D eigenvalue weighted by Crippen LogP contribution is -2.35. The Balaban J connectivity index is 1.17. The van der Waals surface area contributed by atoms with E-state index in [1.807, 2.05) is 30.5 Å². The summed E-state index contributed by atoms with van der Waals surface area (Å²) in [5.41, 5.74) is 5.11. The Hall–Kier alpha value is -3.67. The van der Waals surface area contributed by atoms with E-state index in [0.717, 1.165) is 66.0 Å². The first-order chi connectivity index (χ1) is 19.9. The van der Waals surface area contributed by atoms with Gasteiger partial charge in [0, 0.05) is 36.1 Å². The van der Waals surface area contributed by atoms with Crippen molar-refractivity contribution in [3.05, 3.63) is 72.6 Å². The van der Waals surface area contributed by atoms with Crippen molar-refractivity contribution in [1.82, 2.24) is 14.5 Å². The molecule has 4 aromatic rings. The molecule has 6 heteroatoms. The van der Waals surface area contributed by atoms with Crippen LogP contribution in [0.3, 0.4) is 0 Å². The molecule has 0 saturated heterocycles. The molecule has 0 spiro atoms. The fourth-order valence-electron chi connectivity index (χ4n) is 6.00. The molecule has 1 fully saturated rings. The van der Waals surface area contributed by atoms with Gasteiger partial charge in [-0.15, -0.1) is 0 Å². The van der Waals surface area contributed by atoms with Crippen LogP contribution >= 0.6 is 0 Å². The van der Waals surface area contributed by atoms with Crippen LogP contribution in [0.15, 0.2) is 67.0 Å². The molecule has 1 saturated carbocycles. The number of fused-ring (bicyclic) bond motifs is 1. The first-order valence-corrected chi connectivity index (χ1v) is 15.2. The molecule has 0 bridgehead atoms. The number of carbonyl (C=O) groups is 1. The molecule has 5 rings (SSSR count). The number of esters is 1. The number of pyridine rings is 1. The quantitative estimate of drug-likeness (QED) is 0.138. The fourth-order valence-corrected chi connectivity index (χ4v) is 6.00. The van der Waals surface area contributed by atoms with Crippen LogP contribution in [0.5, 0.6) is 5.75 Å². The van der Waals surface area contributed by atoms with Crippen molar-refractivity contribution < 1.29 is 14.3 Å². The molecule has 1 aliphatic carbocycles. The normalized spacial score (nSPS) is 19.0. The Bertz CT molecular complexity index is 1430. The Kier molecular flexibility index (Phi) is 9.38. The highest BCUT2D eigenvalue weighted by atomic mass is 16.5. The summed E-state index contributed by atoms with van der Waals surface area (Å²) in [4.78, 5) is 21.8. The zero-order valence-corrected chi connectivity index (χ0v) is 24.9. The third-order valence-corrected chi connectivity index (χ3v) is 8.38. The van der Waals surface area contributed by atoms with Crippen LogP contribution in [0.4, 0.5) is 0 Å². The predicted octanol–water partition coefficient (Wildman–Crippen LogP) is 8.34. The highest BCUT2D eigenvalue weighted by Crippen LogP contribution is 2.36. The number of benzene rings is 2. The topological polar surface area (TPSA) is 66.2 Å². The van der Waals surface area contributed by atoms with Gasteiger partial charge in [0.1, 0.15) is 17.7 Å². The van der Waals surface area contributed by atoms with Crippen LogP contribution < -0.4 is 4.74 Å². The van der Waals surface area contributed by atoms with Crippen LogP contribution in [0.25, 0.3) is 28.1 Å². The van der Waals surface area contributed by atoms with Crippen LogP contribution in [0, 0.1) is 24.7 Å². The van der Waals surface area contributed by atoms with Crippen molar-refractivity contribution >= 4 is 17.0 Å². The molecule has 2 heterocycles. The van der Waals surface area contributed by atoms with Gasteiger partial charge in [0.05, 0.1) is 17.6 Å². The van der Waals surface area contributed by atoms with E-state index in [1.165, 1.54) is 12.0 Å². The van der Waals surface area contributed by atoms with Gasteiger partial charge >= 0.3 is 5.97 Å². The minimum Gasteiger partial charge on any atom is -0.494 e. The summed E-state index contributed by atoms with van der Waals surface area (Å²) in [5, 5.41) is 0. The largest absolute Gasteiger partial charge is 0.494 e. The van der Waals surface area contributed by atoms with Gasteiger partial charge in [0.2, 0.25) is 0 Å². The number of hydrogen-bond donors (Lipinski definition) is 0. The third kappa shape index (κ3) is 7.16. The maximum atomic E-state index is 12.6. The average molecular weight is 554 g/mol. The van der Waals surface area contributed by atoms with Crippen molar-refractivity contribution in [3.8, 4) is 22.8 Å². The van der Waals surface area contributed by atoms with E-state index in [0.29, 0.717) is 30.8 Å². The molecule has 216 valence electrons. The molecule has 6 nitrogen and oxygen atoms in total. The summed E-state index contributed by atoms with van der Waals surface area (Å²) in [5.74, 6) is 3.29. The summed E-state index contributed by atoms with van der Waals surface area (Å²) in [6.07, 6.45) is 10.2. The molecule has 0 amide bonds.